The molecule has 3 N–H and O–H groups in total. The van der Waals surface area contributed by atoms with E-state index < -0.39 is 10.1 Å². The molecule has 0 aromatic rings. The molecule has 0 fully saturated rings. The molecule has 0 rings (SSSR count). The topological polar surface area (TPSA) is 80.4 Å². The summed E-state index contributed by atoms with van der Waals surface area (Å²) < 4.78 is 28.0. The van der Waals surface area contributed by atoms with Gasteiger partial charge >= 0.3 is 0 Å². The normalized spacial score (nSPS) is 9.50. The third kappa shape index (κ3) is 22.7. The zero-order valence-corrected chi connectivity index (χ0v) is 7.97. The van der Waals surface area contributed by atoms with Crippen molar-refractivity contribution >= 4 is 10.1 Å². The van der Waals surface area contributed by atoms with E-state index in [4.69, 9.17) is 10.3 Å². The first-order valence-electron chi connectivity index (χ1n) is 3.56. The van der Waals surface area contributed by atoms with E-state index in [2.05, 4.69) is 12.3 Å². The quantitative estimate of drug-likeness (QED) is 0.497. The molecule has 0 heterocycles. The molecule has 0 saturated heterocycles. The summed E-state index contributed by atoms with van der Waals surface area (Å²) in [6.45, 7) is 2.21. The second-order valence-corrected chi connectivity index (χ2v) is 3.62. The molecule has 0 aliphatic carbocycles. The molecule has 0 bridgehead atoms. The number of nitrogens with two attached hydrogens (primary N) is 1. The first-order chi connectivity index (χ1) is 5.47. The maximum Gasteiger partial charge on any atom is 0.264 e. The minimum atomic E-state index is -3.69. The summed E-state index contributed by atoms with van der Waals surface area (Å²) in [5.74, 6) is 2.10. The van der Waals surface area contributed by atoms with Crippen molar-refractivity contribution < 1.29 is 13.0 Å². The second-order valence-electron chi connectivity index (χ2n) is 2.05. The Balaban J connectivity index is 0. The van der Waals surface area contributed by atoms with Gasteiger partial charge in [0.2, 0.25) is 0 Å². The van der Waals surface area contributed by atoms with Crippen molar-refractivity contribution in [2.45, 2.75) is 19.8 Å². The molecule has 0 saturated carbocycles. The van der Waals surface area contributed by atoms with Gasteiger partial charge in [0.1, 0.15) is 0 Å². The highest BCUT2D eigenvalue weighted by Crippen LogP contribution is 1.90. The van der Waals surface area contributed by atoms with Crippen LogP contribution in [0, 0.1) is 12.3 Å². The van der Waals surface area contributed by atoms with Gasteiger partial charge in [0.15, 0.2) is 0 Å². The SMILES string of the molecule is C#CCN.CCCCS(=O)(=O)O. The molecule has 0 aromatic carbocycles. The molecular formula is C7H15NO3S. The standard InChI is InChI=1S/C4H10O3S.C3H5N/c1-2-3-4-8(5,6)7;1-2-3-4/h2-4H2,1H3,(H,5,6,7);1H,3-4H2. The molecule has 0 aromatic heterocycles. The summed E-state index contributed by atoms with van der Waals surface area (Å²) in [6.07, 6.45) is 5.98. The van der Waals surface area contributed by atoms with Crippen LogP contribution in [-0.2, 0) is 10.1 Å². The van der Waals surface area contributed by atoms with Crippen molar-refractivity contribution in [3.05, 3.63) is 0 Å². The van der Waals surface area contributed by atoms with E-state index >= 15 is 0 Å². The summed E-state index contributed by atoms with van der Waals surface area (Å²) >= 11 is 0. The van der Waals surface area contributed by atoms with Crippen LogP contribution in [0.5, 0.6) is 0 Å². The zero-order chi connectivity index (χ0) is 10.0. The van der Waals surface area contributed by atoms with Gasteiger partial charge in [-0.15, -0.1) is 6.42 Å². The summed E-state index contributed by atoms with van der Waals surface area (Å²) in [4.78, 5) is 0. The molecule has 5 heteroatoms. The number of unbranched alkanes of at least 4 members (excludes halogenated alkanes) is 1. The van der Waals surface area contributed by atoms with Gasteiger partial charge in [-0.3, -0.25) is 4.55 Å². The summed E-state index contributed by atoms with van der Waals surface area (Å²) in [6, 6.07) is 0. The smallest absolute Gasteiger partial charge is 0.264 e. The lowest BCUT2D eigenvalue weighted by Crippen LogP contribution is -2.02. The number of terminal acetylenes is 1. The van der Waals surface area contributed by atoms with E-state index in [1.807, 2.05) is 6.92 Å². The van der Waals surface area contributed by atoms with Gasteiger partial charge < -0.3 is 5.73 Å². The number of rotatable bonds is 3. The van der Waals surface area contributed by atoms with Gasteiger partial charge in [0, 0.05) is 0 Å². The molecular weight excluding hydrogens is 178 g/mol. The monoisotopic (exact) mass is 193 g/mol. The molecule has 4 nitrogen and oxygen atoms in total. The highest BCUT2D eigenvalue weighted by atomic mass is 32.2. The Morgan fingerprint density at radius 2 is 2.00 bits per heavy atom. The fourth-order valence-corrected chi connectivity index (χ4v) is 0.980. The molecule has 0 spiro atoms. The fourth-order valence-electron chi connectivity index (χ4n) is 0.327. The lowest BCUT2D eigenvalue weighted by atomic mass is 10.4. The maximum absolute atomic E-state index is 9.95. The largest absolute Gasteiger partial charge is 0.320 e. The van der Waals surface area contributed by atoms with Crippen molar-refractivity contribution in [3.8, 4) is 12.3 Å². The van der Waals surface area contributed by atoms with Gasteiger partial charge in [-0.05, 0) is 6.42 Å². The van der Waals surface area contributed by atoms with Gasteiger partial charge in [-0.1, -0.05) is 19.3 Å². The highest BCUT2D eigenvalue weighted by molar-refractivity contribution is 7.85. The molecule has 0 amide bonds. The van der Waals surface area contributed by atoms with E-state index in [9.17, 15) is 8.42 Å². The highest BCUT2D eigenvalue weighted by Gasteiger charge is 2.00. The van der Waals surface area contributed by atoms with E-state index in [1.54, 1.807) is 0 Å². The first-order valence-corrected chi connectivity index (χ1v) is 5.17. The predicted octanol–water partition coefficient (Wildman–Crippen LogP) is 0.253. The second kappa shape index (κ2) is 8.53. The molecule has 12 heavy (non-hydrogen) atoms. The van der Waals surface area contributed by atoms with Crippen LogP contribution in [0.4, 0.5) is 0 Å². The minimum Gasteiger partial charge on any atom is -0.320 e. The van der Waals surface area contributed by atoms with Crippen LogP contribution in [0.3, 0.4) is 0 Å². The van der Waals surface area contributed by atoms with Crippen LogP contribution < -0.4 is 5.73 Å². The first kappa shape index (κ1) is 14.0. The fraction of sp³-hybridized carbons (Fsp3) is 0.714. The third-order valence-corrected chi connectivity index (χ3v) is 1.68. The Morgan fingerprint density at radius 3 is 2.08 bits per heavy atom. The molecule has 0 unspecified atom stereocenters. The maximum atomic E-state index is 9.95. The van der Waals surface area contributed by atoms with E-state index in [0.717, 1.165) is 6.42 Å². The van der Waals surface area contributed by atoms with E-state index in [0.29, 0.717) is 13.0 Å². The van der Waals surface area contributed by atoms with Crippen LogP contribution >= 0.6 is 0 Å². The average molecular weight is 193 g/mol. The van der Waals surface area contributed by atoms with Crippen molar-refractivity contribution in [2.75, 3.05) is 12.3 Å². The Bertz CT molecular complexity index is 215. The van der Waals surface area contributed by atoms with Crippen LogP contribution in [-0.4, -0.2) is 25.3 Å². The van der Waals surface area contributed by atoms with Gasteiger partial charge in [-0.2, -0.15) is 8.42 Å². The average Bonchev–Trinajstić information content (AvgIpc) is 2.00. The van der Waals surface area contributed by atoms with Crippen LogP contribution in [0.15, 0.2) is 0 Å². The molecule has 0 aliphatic heterocycles. The Labute approximate surface area is 73.9 Å². The molecule has 0 radical (unpaired) electrons. The molecule has 72 valence electrons. The summed E-state index contributed by atoms with van der Waals surface area (Å²) in [5.41, 5.74) is 4.79. The van der Waals surface area contributed by atoms with Crippen LogP contribution in [0.1, 0.15) is 19.8 Å². The van der Waals surface area contributed by atoms with Crippen molar-refractivity contribution in [1.29, 1.82) is 0 Å². The van der Waals surface area contributed by atoms with Crippen molar-refractivity contribution in [1.82, 2.24) is 0 Å². The van der Waals surface area contributed by atoms with E-state index in [-0.39, 0.29) is 5.75 Å². The summed E-state index contributed by atoms with van der Waals surface area (Å²) in [5, 5.41) is 0. The zero-order valence-electron chi connectivity index (χ0n) is 7.16. The predicted molar refractivity (Wildman–Crippen MR) is 49.2 cm³/mol. The lowest BCUT2D eigenvalue weighted by Gasteiger charge is -1.90. The number of hydrogen-bond acceptors (Lipinski definition) is 3. The third-order valence-electron chi connectivity index (χ3n) is 0.874. The molecule has 0 aliphatic rings. The van der Waals surface area contributed by atoms with Gasteiger partial charge in [-0.25, -0.2) is 0 Å². The van der Waals surface area contributed by atoms with Gasteiger partial charge in [0.05, 0.1) is 12.3 Å². The van der Waals surface area contributed by atoms with Crippen LogP contribution in [0.25, 0.3) is 0 Å². The van der Waals surface area contributed by atoms with Gasteiger partial charge in [0.25, 0.3) is 10.1 Å². The minimum absolute atomic E-state index is 0.108. The number of hydrogen-bond donors (Lipinski definition) is 2. The summed E-state index contributed by atoms with van der Waals surface area (Å²) in [7, 11) is -3.69. The molecule has 0 atom stereocenters. The Kier molecular flexibility index (Phi) is 9.93. The Morgan fingerprint density at radius 1 is 1.58 bits per heavy atom. The van der Waals surface area contributed by atoms with Crippen molar-refractivity contribution in [2.24, 2.45) is 5.73 Å². The Hall–Kier alpha value is -0.570. The lowest BCUT2D eigenvalue weighted by molar-refractivity contribution is 0.480. The van der Waals surface area contributed by atoms with Crippen LogP contribution in [0.2, 0.25) is 0 Å². The van der Waals surface area contributed by atoms with Crippen molar-refractivity contribution in [3.63, 3.8) is 0 Å². The van der Waals surface area contributed by atoms with E-state index in [1.165, 1.54) is 0 Å².